The molecule has 0 aromatic heterocycles. The van der Waals surface area contributed by atoms with Crippen LogP contribution in [0.1, 0.15) is 0 Å². The van der Waals surface area contributed by atoms with Crippen LogP contribution in [0.4, 0.5) is 0 Å². The molecule has 0 spiro atoms. The van der Waals surface area contributed by atoms with Gasteiger partial charge in [0.25, 0.3) is 0 Å². The molecule has 1 atom stereocenters. The second-order valence-electron chi connectivity index (χ2n) is 0.238. The maximum absolute atomic E-state index is 8.90. The Morgan fingerprint density at radius 1 is 1.75 bits per heavy atom. The first-order chi connectivity index (χ1) is 1.73. The lowest BCUT2D eigenvalue weighted by molar-refractivity contribution is 0.451. The summed E-state index contributed by atoms with van der Waals surface area (Å²) in [4.78, 5) is 8.90. The van der Waals surface area contributed by atoms with Crippen LogP contribution in [0.2, 0.25) is 0 Å². The smallest absolute Gasteiger partial charge is 0.241 e. The summed E-state index contributed by atoms with van der Waals surface area (Å²) < 4.78 is 8.90. The van der Waals surface area contributed by atoms with E-state index in [9.17, 15) is 0 Å². The third-order valence-corrected chi connectivity index (χ3v) is 0. The first kappa shape index (κ1) is 4.41. The van der Waals surface area contributed by atoms with Gasteiger partial charge >= 0.3 is 7.23 Å². The van der Waals surface area contributed by atoms with Gasteiger partial charge in [0.05, 0.1) is 0 Å². The molecular weight excluding hydrogens is 95.0 g/mol. The molecule has 0 aromatic rings. The quantitative estimate of drug-likeness (QED) is 0.354. The molecular formula is HO2PS. The van der Waals surface area contributed by atoms with Gasteiger partial charge in [-0.05, 0) is 0 Å². The third kappa shape index (κ3) is 28.5. The fourth-order valence-electron chi connectivity index (χ4n) is 0. The Bertz CT molecular complexity index is 29.0. The van der Waals surface area contributed by atoms with Gasteiger partial charge in [0.15, 0.2) is 0 Å². The van der Waals surface area contributed by atoms with E-state index in [-0.39, 0.29) is 0 Å². The molecule has 0 saturated carbocycles. The zero-order chi connectivity index (χ0) is 3.58. The summed E-state index contributed by atoms with van der Waals surface area (Å²) in [5.41, 5.74) is 0. The van der Waals surface area contributed by atoms with Gasteiger partial charge in [0.2, 0.25) is 0 Å². The van der Waals surface area contributed by atoms with Gasteiger partial charge in [-0.15, -0.1) is 4.89 Å². The zero-order valence-corrected chi connectivity index (χ0v) is 3.50. The van der Waals surface area contributed by atoms with Crippen molar-refractivity contribution in [3.05, 3.63) is 0 Å². The van der Waals surface area contributed by atoms with Gasteiger partial charge in [-0.2, -0.15) is 0 Å². The molecule has 4 heteroatoms. The predicted molar refractivity (Wildman–Crippen MR) is 17.3 cm³/mol. The highest BCUT2D eigenvalue weighted by Gasteiger charge is 1.69. The normalized spacial score (nSPS) is 11.0. The predicted octanol–water partition coefficient (Wildman–Crippen LogP) is 1.00. The summed E-state index contributed by atoms with van der Waals surface area (Å²) in [6.07, 6.45) is 0. The second kappa shape index (κ2) is 1.70. The average Bonchev–Trinajstić information content (AvgIpc) is 0.811. The maximum atomic E-state index is 8.90. The summed E-state index contributed by atoms with van der Waals surface area (Å²) in [5.74, 6) is 0. The Morgan fingerprint density at radius 2 is 1.75 bits per heavy atom. The van der Waals surface area contributed by atoms with Crippen LogP contribution in [0, 0.1) is 0 Å². The number of thiol groups is 1. The van der Waals surface area contributed by atoms with Crippen LogP contribution in [0.3, 0.4) is 0 Å². The van der Waals surface area contributed by atoms with Crippen molar-refractivity contribution < 1.29 is 9.46 Å². The molecule has 2 radical (unpaired) electrons. The van der Waals surface area contributed by atoms with Crippen LogP contribution in [0.25, 0.3) is 0 Å². The van der Waals surface area contributed by atoms with E-state index < -0.39 is 7.23 Å². The molecule has 0 fully saturated rings. The molecule has 24 valence electrons. The van der Waals surface area contributed by atoms with Gasteiger partial charge in [-0.1, -0.05) is 12.2 Å². The summed E-state index contributed by atoms with van der Waals surface area (Å²) in [7, 11) is -2.43. The SMILES string of the molecule is [O][P](=O)S. The van der Waals surface area contributed by atoms with E-state index in [1.807, 2.05) is 0 Å². The van der Waals surface area contributed by atoms with Crippen molar-refractivity contribution in [2.24, 2.45) is 0 Å². The number of hydrogen-bond donors (Lipinski definition) is 1. The molecule has 0 aromatic carbocycles. The van der Waals surface area contributed by atoms with Crippen LogP contribution in [-0.2, 0) is 9.46 Å². The van der Waals surface area contributed by atoms with Crippen molar-refractivity contribution >= 4 is 19.5 Å². The largest absolute Gasteiger partial charge is 0.304 e. The van der Waals surface area contributed by atoms with E-state index in [1.165, 1.54) is 0 Å². The minimum absolute atomic E-state index is 2.43. The van der Waals surface area contributed by atoms with Crippen molar-refractivity contribution in [2.75, 3.05) is 0 Å². The van der Waals surface area contributed by atoms with Crippen LogP contribution in [-0.4, -0.2) is 0 Å². The Kier molecular flexibility index (Phi) is 1.88. The van der Waals surface area contributed by atoms with Crippen molar-refractivity contribution in [3.63, 3.8) is 0 Å². The van der Waals surface area contributed by atoms with E-state index in [0.717, 1.165) is 0 Å². The molecule has 2 nitrogen and oxygen atoms in total. The molecule has 0 saturated heterocycles. The van der Waals surface area contributed by atoms with Gasteiger partial charge in [0, 0.05) is 0 Å². The lowest BCUT2D eigenvalue weighted by atomic mass is 15.9. The van der Waals surface area contributed by atoms with E-state index in [4.69, 9.17) is 9.46 Å². The minimum Gasteiger partial charge on any atom is -0.241 e. The van der Waals surface area contributed by atoms with Crippen molar-refractivity contribution in [1.29, 1.82) is 0 Å². The summed E-state index contributed by atoms with van der Waals surface area (Å²) >= 11 is 2.92. The van der Waals surface area contributed by atoms with E-state index in [2.05, 4.69) is 12.2 Å². The molecule has 0 rings (SSSR count). The molecule has 0 aliphatic rings. The van der Waals surface area contributed by atoms with Crippen LogP contribution < -0.4 is 0 Å². The fraction of sp³-hybridized carbons (Fsp3) is 0. The van der Waals surface area contributed by atoms with Crippen molar-refractivity contribution in [2.45, 2.75) is 0 Å². The summed E-state index contributed by atoms with van der Waals surface area (Å²) in [6.45, 7) is 0. The topological polar surface area (TPSA) is 37.0 Å². The van der Waals surface area contributed by atoms with Crippen LogP contribution >= 0.6 is 19.5 Å². The highest BCUT2D eigenvalue weighted by atomic mass is 32.7. The Balaban J connectivity index is 2.80. The third-order valence-electron chi connectivity index (χ3n) is 0. The molecule has 0 aliphatic carbocycles. The second-order valence-corrected chi connectivity index (χ2v) is 1.69. The first-order valence-corrected chi connectivity index (χ1v) is 2.90. The maximum Gasteiger partial charge on any atom is 0.304 e. The Morgan fingerprint density at radius 3 is 1.75 bits per heavy atom. The first-order valence-electron chi connectivity index (χ1n) is 0.565. The van der Waals surface area contributed by atoms with Crippen molar-refractivity contribution in [1.82, 2.24) is 0 Å². The summed E-state index contributed by atoms with van der Waals surface area (Å²) in [6, 6.07) is 0. The highest BCUT2D eigenvalue weighted by molar-refractivity contribution is 8.38. The van der Waals surface area contributed by atoms with Crippen LogP contribution in [0.15, 0.2) is 0 Å². The highest BCUT2D eigenvalue weighted by Crippen LogP contribution is 2.17. The van der Waals surface area contributed by atoms with Gasteiger partial charge in [-0.3, -0.25) is 0 Å². The van der Waals surface area contributed by atoms with Gasteiger partial charge < -0.3 is 0 Å². The fourth-order valence-corrected chi connectivity index (χ4v) is 0. The Labute approximate surface area is 29.9 Å². The van der Waals surface area contributed by atoms with Crippen LogP contribution in [0.5, 0.6) is 0 Å². The average molecular weight is 96.0 g/mol. The van der Waals surface area contributed by atoms with Crippen molar-refractivity contribution in [3.8, 4) is 0 Å². The monoisotopic (exact) mass is 95.9 g/mol. The van der Waals surface area contributed by atoms with E-state index >= 15 is 0 Å². The van der Waals surface area contributed by atoms with E-state index in [0.29, 0.717) is 0 Å². The Hall–Kier alpha value is 0.410. The van der Waals surface area contributed by atoms with Gasteiger partial charge in [-0.25, -0.2) is 4.57 Å². The molecule has 0 bridgehead atoms. The summed E-state index contributed by atoms with van der Waals surface area (Å²) in [5, 5.41) is 0. The molecule has 1 unspecified atom stereocenters. The standard InChI is InChI=1S/HO2PS/c1-3(2)4/h(H,1,4). The van der Waals surface area contributed by atoms with Gasteiger partial charge in [0.1, 0.15) is 0 Å². The number of rotatable bonds is 0. The molecule has 0 heterocycles. The molecule has 4 heavy (non-hydrogen) atoms. The lowest BCUT2D eigenvalue weighted by Gasteiger charge is -1.50. The lowest BCUT2D eigenvalue weighted by Crippen LogP contribution is -1.15. The van der Waals surface area contributed by atoms with E-state index in [1.54, 1.807) is 0 Å². The molecule has 0 aliphatic heterocycles. The molecule has 0 amide bonds. The zero-order valence-electron chi connectivity index (χ0n) is 1.71. The molecule has 0 N–H and O–H groups in total. The minimum atomic E-state index is -2.43. The number of hydrogen-bond acceptors (Lipinski definition) is 1.